The number of aliphatic hydroxyl groups excluding tert-OH is 1. The van der Waals surface area contributed by atoms with E-state index in [1.54, 1.807) is 40.9 Å². The fraction of sp³-hybridized carbons (Fsp3) is 0.525. The quantitative estimate of drug-likeness (QED) is 0.0878. The fourth-order valence-electron chi connectivity index (χ4n) is 7.40. The van der Waals surface area contributed by atoms with Crippen molar-refractivity contribution in [2.45, 2.75) is 113 Å². The minimum Gasteiger partial charge on any atom is -0.445 e. The molecule has 1 heterocycles. The van der Waals surface area contributed by atoms with E-state index >= 15 is 0 Å². The number of nitrogens with zero attached hydrogens (tertiary/aromatic N) is 1. The third kappa shape index (κ3) is 10.7. The summed E-state index contributed by atoms with van der Waals surface area (Å²) in [6.07, 6.45) is -0.889. The van der Waals surface area contributed by atoms with Gasteiger partial charge in [-0.2, -0.15) is 8.42 Å². The van der Waals surface area contributed by atoms with Gasteiger partial charge in [-0.3, -0.25) is 4.18 Å². The molecule has 1 aliphatic heterocycles. The maximum Gasteiger partial charge on any atom is 0.410 e. The molecule has 0 radical (unpaired) electrons. The second kappa shape index (κ2) is 18.4. The Balaban J connectivity index is 1.43. The zero-order valence-electron chi connectivity index (χ0n) is 31.5. The van der Waals surface area contributed by atoms with Crippen molar-refractivity contribution in [2.24, 2.45) is 5.92 Å². The van der Waals surface area contributed by atoms with Crippen molar-refractivity contribution < 1.29 is 31.7 Å². The maximum absolute atomic E-state index is 13.3. The number of thioether (sulfide) groups is 1. The van der Waals surface area contributed by atoms with Crippen LogP contribution in [0.3, 0.4) is 0 Å². The van der Waals surface area contributed by atoms with Gasteiger partial charge in [0.25, 0.3) is 10.1 Å². The van der Waals surface area contributed by atoms with Crippen molar-refractivity contribution in [2.75, 3.05) is 25.4 Å². The standard InChI is InChI=1S/C40H57NO7S2Si/c1-28(2)51(29(3)4,30(5)6)48-38-25-41(40(43)46-27-33-12-10-9-11-13-33)24-37(42)39(38)34-16-18-35(19-17-34)49-23-22-32(8)26-47-50(44,45)36-20-14-31(7)15-21-36/h9-21,28-30,32,37-39,42H,22-27H2,1-8H3/t32-,37+,38-,39-/m1/s1. The van der Waals surface area contributed by atoms with Crippen LogP contribution >= 0.6 is 11.8 Å². The number of aliphatic hydroxyl groups is 1. The minimum absolute atomic E-state index is 0.0573. The summed E-state index contributed by atoms with van der Waals surface area (Å²) in [5.74, 6) is 0.553. The third-order valence-electron chi connectivity index (χ3n) is 10.1. The van der Waals surface area contributed by atoms with Gasteiger partial charge in [0, 0.05) is 17.4 Å². The fourth-order valence-corrected chi connectivity index (χ4v) is 15.1. The Hall–Kier alpha value is -2.67. The Morgan fingerprint density at radius 1 is 0.882 bits per heavy atom. The predicted molar refractivity (Wildman–Crippen MR) is 208 cm³/mol. The molecule has 0 saturated carbocycles. The number of aryl methyl sites for hydroxylation is 1. The second-order valence-electron chi connectivity index (χ2n) is 14.9. The van der Waals surface area contributed by atoms with Crippen LogP contribution in [0.1, 0.15) is 77.5 Å². The Kier molecular flexibility index (Phi) is 14.8. The monoisotopic (exact) mass is 755 g/mol. The van der Waals surface area contributed by atoms with Gasteiger partial charge in [0.15, 0.2) is 0 Å². The largest absolute Gasteiger partial charge is 0.445 e. The molecule has 1 aliphatic rings. The Bertz CT molecular complexity index is 1610. The molecule has 280 valence electrons. The smallest absolute Gasteiger partial charge is 0.410 e. The van der Waals surface area contributed by atoms with Gasteiger partial charge in [-0.15, -0.1) is 11.8 Å². The number of likely N-dealkylation sites (tertiary alicyclic amines) is 1. The average molecular weight is 756 g/mol. The van der Waals surface area contributed by atoms with Gasteiger partial charge in [-0.1, -0.05) is 109 Å². The van der Waals surface area contributed by atoms with Crippen molar-refractivity contribution in [3.63, 3.8) is 0 Å². The van der Waals surface area contributed by atoms with Crippen LogP contribution in [-0.2, 0) is 30.1 Å². The molecule has 4 atom stereocenters. The lowest BCUT2D eigenvalue weighted by atomic mass is 9.85. The molecule has 0 aromatic heterocycles. The van der Waals surface area contributed by atoms with Gasteiger partial charge in [0.05, 0.1) is 30.3 Å². The third-order valence-corrected chi connectivity index (χ3v) is 18.6. The zero-order chi connectivity index (χ0) is 37.3. The van der Waals surface area contributed by atoms with E-state index in [-0.39, 0.29) is 36.5 Å². The van der Waals surface area contributed by atoms with Crippen LogP contribution in [0.25, 0.3) is 0 Å². The van der Waals surface area contributed by atoms with E-state index in [2.05, 4.69) is 65.8 Å². The van der Waals surface area contributed by atoms with Crippen LogP contribution in [-0.4, -0.2) is 70.5 Å². The molecule has 1 fully saturated rings. The molecule has 1 amide bonds. The van der Waals surface area contributed by atoms with E-state index < -0.39 is 36.7 Å². The molecule has 0 aliphatic carbocycles. The molecule has 3 aromatic carbocycles. The molecule has 11 heteroatoms. The number of benzene rings is 3. The molecular formula is C40H57NO7S2Si. The van der Waals surface area contributed by atoms with Crippen molar-refractivity contribution in [1.82, 2.24) is 4.90 Å². The van der Waals surface area contributed by atoms with Gasteiger partial charge >= 0.3 is 6.09 Å². The van der Waals surface area contributed by atoms with Crippen LogP contribution < -0.4 is 0 Å². The molecule has 0 bridgehead atoms. The number of piperidine rings is 1. The summed E-state index contributed by atoms with van der Waals surface area (Å²) in [4.78, 5) is 16.2. The Morgan fingerprint density at radius 3 is 2.08 bits per heavy atom. The first kappa shape index (κ1) is 41.1. The summed E-state index contributed by atoms with van der Waals surface area (Å²) in [6, 6.07) is 24.6. The van der Waals surface area contributed by atoms with Crippen molar-refractivity contribution >= 4 is 36.3 Å². The van der Waals surface area contributed by atoms with Gasteiger partial charge in [-0.05, 0) is 77.0 Å². The van der Waals surface area contributed by atoms with Gasteiger partial charge < -0.3 is 19.2 Å². The van der Waals surface area contributed by atoms with Gasteiger partial charge in [0.1, 0.15) is 6.61 Å². The van der Waals surface area contributed by atoms with Crippen LogP contribution in [0.4, 0.5) is 4.79 Å². The minimum atomic E-state index is -3.79. The molecule has 1 N–H and O–H groups in total. The molecular weight excluding hydrogens is 699 g/mol. The van der Waals surface area contributed by atoms with Gasteiger partial charge in [0.2, 0.25) is 8.32 Å². The van der Waals surface area contributed by atoms with Crippen molar-refractivity contribution in [3.8, 4) is 0 Å². The van der Waals surface area contributed by atoms with Crippen LogP contribution in [0.2, 0.25) is 16.6 Å². The average Bonchev–Trinajstić information content (AvgIpc) is 3.09. The summed E-state index contributed by atoms with van der Waals surface area (Å²) in [6.45, 7) is 18.2. The SMILES string of the molecule is Cc1ccc(S(=O)(=O)OC[C@H](C)CCSc2ccc([C@@H]3[C@@H](O)CN(C(=O)OCc4ccccc4)C[C@H]3O[Si](C(C)C)(C(C)C)C(C)C)cc2)cc1. The van der Waals surface area contributed by atoms with E-state index in [9.17, 15) is 18.3 Å². The summed E-state index contributed by atoms with van der Waals surface area (Å²) >= 11 is 1.71. The predicted octanol–water partition coefficient (Wildman–Crippen LogP) is 9.18. The molecule has 4 rings (SSSR count). The molecule has 1 saturated heterocycles. The van der Waals surface area contributed by atoms with E-state index in [4.69, 9.17) is 13.3 Å². The highest BCUT2D eigenvalue weighted by atomic mass is 32.2. The number of amides is 1. The van der Waals surface area contributed by atoms with E-state index in [1.165, 1.54) is 0 Å². The Morgan fingerprint density at radius 2 is 1.49 bits per heavy atom. The topological polar surface area (TPSA) is 102 Å². The first-order valence-corrected chi connectivity index (χ1v) is 22.7. The maximum atomic E-state index is 13.3. The van der Waals surface area contributed by atoms with E-state index in [0.717, 1.165) is 33.8 Å². The molecule has 8 nitrogen and oxygen atoms in total. The van der Waals surface area contributed by atoms with Crippen molar-refractivity contribution in [1.29, 1.82) is 0 Å². The number of hydrogen-bond donors (Lipinski definition) is 1. The number of hydrogen-bond acceptors (Lipinski definition) is 8. The van der Waals surface area contributed by atoms with Gasteiger partial charge in [-0.25, -0.2) is 4.79 Å². The highest BCUT2D eigenvalue weighted by Gasteiger charge is 2.50. The van der Waals surface area contributed by atoms with Crippen LogP contribution in [0.15, 0.2) is 88.7 Å². The molecule has 3 aromatic rings. The number of carbonyl (C=O) groups is 1. The molecule has 0 spiro atoms. The van der Waals surface area contributed by atoms with Crippen LogP contribution in [0, 0.1) is 12.8 Å². The lowest BCUT2D eigenvalue weighted by molar-refractivity contribution is -0.0255. The first-order valence-electron chi connectivity index (χ1n) is 18.1. The number of ether oxygens (including phenoxy) is 1. The highest BCUT2D eigenvalue weighted by molar-refractivity contribution is 7.99. The van der Waals surface area contributed by atoms with E-state index in [0.29, 0.717) is 23.2 Å². The number of carbonyl (C=O) groups excluding carboxylic acids is 1. The Labute approximate surface area is 311 Å². The first-order chi connectivity index (χ1) is 24.1. The summed E-state index contributed by atoms with van der Waals surface area (Å²) < 4.78 is 43.5. The normalized spacial score (nSPS) is 19.1. The second-order valence-corrected chi connectivity index (χ2v) is 23.1. The lowest BCUT2D eigenvalue weighted by Gasteiger charge is -2.49. The summed E-state index contributed by atoms with van der Waals surface area (Å²) in [7, 11) is -6.16. The lowest BCUT2D eigenvalue weighted by Crippen LogP contribution is -2.59. The number of β-amino-alcohol motifs (C(OH)–C–C–N with tert-alkyl or cyclic N) is 1. The highest BCUT2D eigenvalue weighted by Crippen LogP contribution is 2.46. The summed E-state index contributed by atoms with van der Waals surface area (Å²) in [5, 5.41) is 11.7. The summed E-state index contributed by atoms with van der Waals surface area (Å²) in [5.41, 5.74) is 3.90. The zero-order valence-corrected chi connectivity index (χ0v) is 34.1. The van der Waals surface area contributed by atoms with E-state index in [1.807, 2.05) is 44.2 Å². The molecule has 51 heavy (non-hydrogen) atoms. The van der Waals surface area contributed by atoms with Crippen molar-refractivity contribution in [3.05, 3.63) is 95.6 Å². The molecule has 0 unspecified atom stereocenters. The number of rotatable bonds is 16. The van der Waals surface area contributed by atoms with Crippen LogP contribution in [0.5, 0.6) is 0 Å².